The Morgan fingerprint density at radius 2 is 1.84 bits per heavy atom. The highest BCUT2D eigenvalue weighted by molar-refractivity contribution is 8.03. The van der Waals surface area contributed by atoms with E-state index < -0.39 is 0 Å². The predicted molar refractivity (Wildman–Crippen MR) is 129 cm³/mol. The summed E-state index contributed by atoms with van der Waals surface area (Å²) in [5.41, 5.74) is 5.42. The lowest BCUT2D eigenvalue weighted by Crippen LogP contribution is -2.21. The van der Waals surface area contributed by atoms with Crippen molar-refractivity contribution < 1.29 is 4.79 Å². The lowest BCUT2D eigenvalue weighted by molar-refractivity contribution is -0.118. The molecule has 0 saturated carbocycles. The third kappa shape index (κ3) is 5.90. The van der Waals surface area contributed by atoms with E-state index in [2.05, 4.69) is 68.2 Å². The first kappa shape index (κ1) is 21.5. The third-order valence-electron chi connectivity index (χ3n) is 4.37. The van der Waals surface area contributed by atoms with E-state index in [1.807, 2.05) is 19.1 Å². The van der Waals surface area contributed by atoms with E-state index in [4.69, 9.17) is 0 Å². The van der Waals surface area contributed by atoms with Crippen LogP contribution in [0.3, 0.4) is 0 Å². The van der Waals surface area contributed by atoms with Crippen molar-refractivity contribution in [3.8, 4) is 0 Å². The summed E-state index contributed by atoms with van der Waals surface area (Å²) in [5, 5.41) is 15.1. The Kier molecular flexibility index (Phi) is 7.29. The number of benzene rings is 2. The number of carbonyl (C=O) groups excluding carboxylic acids is 1. The Labute approximate surface area is 192 Å². The molecule has 0 saturated heterocycles. The second-order valence-electron chi connectivity index (χ2n) is 6.52. The lowest BCUT2D eigenvalue weighted by Gasteiger charge is -2.04. The highest BCUT2D eigenvalue weighted by atomic mass is 32.2. The summed E-state index contributed by atoms with van der Waals surface area (Å²) in [6.07, 6.45) is 3.40. The van der Waals surface area contributed by atoms with E-state index in [0.29, 0.717) is 5.71 Å². The minimum atomic E-state index is -0.187. The number of nitrogens with one attached hydrogen (secondary N) is 1. The number of hydrogen-bond donors (Lipinski definition) is 1. The van der Waals surface area contributed by atoms with Crippen LogP contribution in [-0.2, 0) is 10.5 Å². The number of hydrogen-bond acceptors (Lipinski definition) is 8. The first-order valence-electron chi connectivity index (χ1n) is 9.48. The fraction of sp³-hybridized carbons (Fsp3) is 0.136. The lowest BCUT2D eigenvalue weighted by atomic mass is 10.1. The van der Waals surface area contributed by atoms with E-state index in [1.165, 1.54) is 39.4 Å². The monoisotopic (exact) mass is 465 g/mol. The molecule has 0 radical (unpaired) electrons. The second-order valence-corrected chi connectivity index (χ2v) is 9.95. The molecule has 4 aromatic rings. The molecule has 2 aromatic heterocycles. The molecule has 0 spiro atoms. The Hall–Kier alpha value is -2.75. The van der Waals surface area contributed by atoms with Gasteiger partial charge in [-0.2, -0.15) is 5.10 Å². The van der Waals surface area contributed by atoms with Crippen LogP contribution in [0, 0.1) is 0 Å². The van der Waals surface area contributed by atoms with Crippen molar-refractivity contribution >= 4 is 57.3 Å². The summed E-state index contributed by atoms with van der Waals surface area (Å²) in [6.45, 7) is 1.83. The highest BCUT2D eigenvalue weighted by Crippen LogP contribution is 2.32. The molecule has 0 bridgehead atoms. The van der Waals surface area contributed by atoms with Crippen molar-refractivity contribution in [2.45, 2.75) is 21.4 Å². The van der Waals surface area contributed by atoms with E-state index in [9.17, 15) is 4.79 Å². The quantitative estimate of drug-likeness (QED) is 0.224. The molecule has 0 aliphatic heterocycles. The van der Waals surface area contributed by atoms with Crippen LogP contribution in [0.5, 0.6) is 0 Å². The zero-order chi connectivity index (χ0) is 21.5. The SMILES string of the molecule is C/C(=N/NC(=O)CSc1nnc(SCc2cccc3ccccc23)s1)c1cccnc1. The van der Waals surface area contributed by atoms with Gasteiger partial charge in [0.25, 0.3) is 5.91 Å². The van der Waals surface area contributed by atoms with Crippen molar-refractivity contribution in [3.63, 3.8) is 0 Å². The molecule has 1 amide bonds. The summed E-state index contributed by atoms with van der Waals surface area (Å²) in [5.74, 6) is 0.865. The maximum atomic E-state index is 12.1. The van der Waals surface area contributed by atoms with Gasteiger partial charge in [-0.15, -0.1) is 10.2 Å². The maximum Gasteiger partial charge on any atom is 0.250 e. The molecular formula is C22H19N5OS3. The molecular weight excluding hydrogens is 446 g/mol. The largest absolute Gasteiger partial charge is 0.272 e. The number of nitrogens with zero attached hydrogens (tertiary/aromatic N) is 4. The molecule has 2 aromatic carbocycles. The number of rotatable bonds is 8. The number of carbonyl (C=O) groups is 1. The maximum absolute atomic E-state index is 12.1. The minimum absolute atomic E-state index is 0.187. The van der Waals surface area contributed by atoms with E-state index in [0.717, 1.165) is 20.0 Å². The van der Waals surface area contributed by atoms with Gasteiger partial charge in [0.1, 0.15) is 0 Å². The topological polar surface area (TPSA) is 80.1 Å². The molecule has 0 aliphatic carbocycles. The van der Waals surface area contributed by atoms with Gasteiger partial charge in [0.05, 0.1) is 11.5 Å². The van der Waals surface area contributed by atoms with Crippen molar-refractivity contribution in [1.29, 1.82) is 0 Å². The Bertz CT molecular complexity index is 1200. The van der Waals surface area contributed by atoms with E-state index >= 15 is 0 Å². The molecule has 156 valence electrons. The number of aromatic nitrogens is 3. The number of pyridine rings is 1. The first-order valence-corrected chi connectivity index (χ1v) is 12.3. The van der Waals surface area contributed by atoms with Crippen LogP contribution in [0.2, 0.25) is 0 Å². The van der Waals surface area contributed by atoms with Crippen LogP contribution in [-0.4, -0.2) is 32.6 Å². The Morgan fingerprint density at radius 1 is 1.03 bits per heavy atom. The minimum Gasteiger partial charge on any atom is -0.272 e. The average molecular weight is 466 g/mol. The van der Waals surface area contributed by atoms with E-state index in [-0.39, 0.29) is 11.7 Å². The molecule has 2 heterocycles. The van der Waals surface area contributed by atoms with Gasteiger partial charge in [-0.3, -0.25) is 9.78 Å². The van der Waals surface area contributed by atoms with Gasteiger partial charge in [0.2, 0.25) is 0 Å². The summed E-state index contributed by atoms with van der Waals surface area (Å²) >= 11 is 4.52. The average Bonchev–Trinajstić information content (AvgIpc) is 3.28. The molecule has 0 unspecified atom stereocenters. The van der Waals surface area contributed by atoms with Crippen molar-refractivity contribution in [1.82, 2.24) is 20.6 Å². The molecule has 1 N–H and O–H groups in total. The van der Waals surface area contributed by atoms with Crippen LogP contribution >= 0.6 is 34.9 Å². The summed E-state index contributed by atoms with van der Waals surface area (Å²) < 4.78 is 1.66. The number of thioether (sulfide) groups is 2. The Balaban J connectivity index is 1.27. The molecule has 4 rings (SSSR count). The summed E-state index contributed by atoms with van der Waals surface area (Å²) in [6, 6.07) is 18.4. The van der Waals surface area contributed by atoms with Gasteiger partial charge in [-0.1, -0.05) is 83.4 Å². The highest BCUT2D eigenvalue weighted by Gasteiger charge is 2.10. The van der Waals surface area contributed by atoms with Gasteiger partial charge in [0, 0.05) is 23.7 Å². The van der Waals surface area contributed by atoms with Gasteiger partial charge < -0.3 is 0 Å². The molecule has 31 heavy (non-hydrogen) atoms. The first-order chi connectivity index (χ1) is 15.2. The van der Waals surface area contributed by atoms with Crippen LogP contribution < -0.4 is 5.43 Å². The van der Waals surface area contributed by atoms with Crippen LogP contribution in [0.15, 0.2) is 80.8 Å². The van der Waals surface area contributed by atoms with Crippen molar-refractivity contribution in [2.24, 2.45) is 5.10 Å². The van der Waals surface area contributed by atoms with Gasteiger partial charge in [0.15, 0.2) is 8.68 Å². The standard InChI is InChI=1S/C22H19N5OS3/c1-15(17-9-5-11-23-12-17)24-25-20(28)14-30-22-27-26-21(31-22)29-13-18-8-4-7-16-6-2-3-10-19(16)18/h2-12H,13-14H2,1H3,(H,25,28)/b24-15-. The molecule has 9 heteroatoms. The fourth-order valence-electron chi connectivity index (χ4n) is 2.82. The van der Waals surface area contributed by atoms with Crippen LogP contribution in [0.1, 0.15) is 18.1 Å². The smallest absolute Gasteiger partial charge is 0.250 e. The number of amides is 1. The third-order valence-corrected chi connectivity index (χ3v) is 7.61. The normalized spacial score (nSPS) is 11.6. The van der Waals surface area contributed by atoms with E-state index in [1.54, 1.807) is 24.2 Å². The zero-order valence-corrected chi connectivity index (χ0v) is 19.1. The summed E-state index contributed by atoms with van der Waals surface area (Å²) in [7, 11) is 0. The molecule has 0 aliphatic rings. The van der Waals surface area contributed by atoms with Crippen LogP contribution in [0.25, 0.3) is 10.8 Å². The fourth-order valence-corrected chi connectivity index (χ4v) is 5.64. The van der Waals surface area contributed by atoms with Gasteiger partial charge in [-0.25, -0.2) is 5.43 Å². The number of hydrazone groups is 1. The van der Waals surface area contributed by atoms with Crippen LogP contribution in [0.4, 0.5) is 0 Å². The molecule has 0 atom stereocenters. The van der Waals surface area contributed by atoms with Gasteiger partial charge in [-0.05, 0) is 29.3 Å². The molecule has 6 nitrogen and oxygen atoms in total. The van der Waals surface area contributed by atoms with Crippen molar-refractivity contribution in [2.75, 3.05) is 5.75 Å². The Morgan fingerprint density at radius 3 is 2.68 bits per heavy atom. The second kappa shape index (κ2) is 10.5. The molecule has 0 fully saturated rings. The summed E-state index contributed by atoms with van der Waals surface area (Å²) in [4.78, 5) is 16.1. The zero-order valence-electron chi connectivity index (χ0n) is 16.7. The predicted octanol–water partition coefficient (Wildman–Crippen LogP) is 5.01. The number of fused-ring (bicyclic) bond motifs is 1. The van der Waals surface area contributed by atoms with Gasteiger partial charge >= 0.3 is 0 Å². The van der Waals surface area contributed by atoms with Crippen molar-refractivity contribution in [3.05, 3.63) is 78.1 Å².